The minimum absolute atomic E-state index is 0.518. The van der Waals surface area contributed by atoms with Crippen LogP contribution in [0.4, 0.5) is 11.5 Å². The fraction of sp³-hybridized carbons (Fsp3) is 0.714. The van der Waals surface area contributed by atoms with Gasteiger partial charge in [0.05, 0.1) is 6.61 Å². The van der Waals surface area contributed by atoms with Gasteiger partial charge in [-0.05, 0) is 31.6 Å². The fourth-order valence-electron chi connectivity index (χ4n) is 2.41. The van der Waals surface area contributed by atoms with Crippen molar-refractivity contribution in [1.82, 2.24) is 9.97 Å². The van der Waals surface area contributed by atoms with E-state index in [9.17, 15) is 0 Å². The largest absolute Gasteiger partial charge is 0.476 e. The van der Waals surface area contributed by atoms with Gasteiger partial charge in [0, 0.05) is 13.1 Å². The van der Waals surface area contributed by atoms with Crippen LogP contribution < -0.4 is 15.4 Å². The first kappa shape index (κ1) is 13.9. The Bertz CT molecular complexity index is 410. The van der Waals surface area contributed by atoms with E-state index in [2.05, 4.69) is 28.7 Å². The summed E-state index contributed by atoms with van der Waals surface area (Å²) >= 11 is 0. The first-order chi connectivity index (χ1) is 9.22. The Hall–Kier alpha value is -1.52. The van der Waals surface area contributed by atoms with Gasteiger partial charge in [-0.25, -0.2) is 4.98 Å². The van der Waals surface area contributed by atoms with Crippen molar-refractivity contribution < 1.29 is 4.74 Å². The van der Waals surface area contributed by atoms with E-state index in [1.165, 1.54) is 19.3 Å². The van der Waals surface area contributed by atoms with Gasteiger partial charge >= 0.3 is 0 Å². The molecule has 2 rings (SSSR count). The van der Waals surface area contributed by atoms with Crippen molar-refractivity contribution in [2.45, 2.75) is 39.5 Å². The minimum atomic E-state index is 0.518. The molecule has 0 saturated carbocycles. The highest BCUT2D eigenvalue weighted by molar-refractivity contribution is 5.67. The Morgan fingerprint density at radius 2 is 2.21 bits per heavy atom. The summed E-state index contributed by atoms with van der Waals surface area (Å²) in [6.07, 6.45) is 6.15. The average Bonchev–Trinajstić information content (AvgIpc) is 2.62. The van der Waals surface area contributed by atoms with Crippen LogP contribution in [-0.4, -0.2) is 29.7 Å². The van der Waals surface area contributed by atoms with Gasteiger partial charge in [-0.1, -0.05) is 13.8 Å². The molecule has 0 bridgehead atoms. The van der Waals surface area contributed by atoms with Crippen LogP contribution in [0, 0.1) is 5.92 Å². The highest BCUT2D eigenvalue weighted by Crippen LogP contribution is 2.30. The molecule has 1 aromatic heterocycles. The Labute approximate surface area is 115 Å². The number of hydrogen-bond donors (Lipinski definition) is 1. The van der Waals surface area contributed by atoms with Gasteiger partial charge < -0.3 is 15.4 Å². The summed E-state index contributed by atoms with van der Waals surface area (Å²) < 4.78 is 5.57. The van der Waals surface area contributed by atoms with Crippen LogP contribution in [0.15, 0.2) is 6.33 Å². The molecule has 1 aromatic rings. The van der Waals surface area contributed by atoms with Crippen molar-refractivity contribution in [3.8, 4) is 5.88 Å². The Morgan fingerprint density at radius 3 is 3.00 bits per heavy atom. The van der Waals surface area contributed by atoms with Gasteiger partial charge in [0.2, 0.25) is 5.88 Å². The molecule has 1 fully saturated rings. The van der Waals surface area contributed by atoms with Crippen molar-refractivity contribution in [3.63, 3.8) is 0 Å². The highest BCUT2D eigenvalue weighted by Gasteiger charge is 2.19. The third-order valence-electron chi connectivity index (χ3n) is 3.59. The third-order valence-corrected chi connectivity index (χ3v) is 3.59. The molecule has 2 N–H and O–H groups in total. The number of anilines is 2. The second-order valence-corrected chi connectivity index (χ2v) is 5.29. The zero-order valence-electron chi connectivity index (χ0n) is 11.9. The smallest absolute Gasteiger partial charge is 0.242 e. The lowest BCUT2D eigenvalue weighted by Crippen LogP contribution is -2.26. The van der Waals surface area contributed by atoms with Crippen molar-refractivity contribution in [2.75, 3.05) is 30.3 Å². The topological polar surface area (TPSA) is 64.3 Å². The standard InChI is InChI=1S/C14H24N4O/c1-3-9-19-14-12(15)13(16-10-17-14)18-7-4-5-11(2)6-8-18/h10-11H,3-9,15H2,1-2H3. The van der Waals surface area contributed by atoms with E-state index in [4.69, 9.17) is 10.5 Å². The van der Waals surface area contributed by atoms with Crippen LogP contribution in [-0.2, 0) is 0 Å². The van der Waals surface area contributed by atoms with Crippen molar-refractivity contribution in [3.05, 3.63) is 6.33 Å². The predicted octanol–water partition coefficient (Wildman–Crippen LogP) is 2.47. The summed E-state index contributed by atoms with van der Waals surface area (Å²) in [5, 5.41) is 0. The quantitative estimate of drug-likeness (QED) is 0.905. The molecule has 19 heavy (non-hydrogen) atoms. The van der Waals surface area contributed by atoms with Crippen LogP contribution in [0.1, 0.15) is 39.5 Å². The van der Waals surface area contributed by atoms with Gasteiger partial charge in [-0.2, -0.15) is 4.98 Å². The summed E-state index contributed by atoms with van der Waals surface area (Å²) in [4.78, 5) is 10.7. The molecule has 1 unspecified atom stereocenters. The van der Waals surface area contributed by atoms with Crippen molar-refractivity contribution in [2.24, 2.45) is 5.92 Å². The van der Waals surface area contributed by atoms with E-state index >= 15 is 0 Å². The molecule has 0 aromatic carbocycles. The third kappa shape index (κ3) is 3.49. The van der Waals surface area contributed by atoms with E-state index in [0.29, 0.717) is 18.2 Å². The molecule has 5 nitrogen and oxygen atoms in total. The number of rotatable bonds is 4. The first-order valence-electron chi connectivity index (χ1n) is 7.20. The van der Waals surface area contributed by atoms with Crippen molar-refractivity contribution >= 4 is 11.5 Å². The first-order valence-corrected chi connectivity index (χ1v) is 7.20. The van der Waals surface area contributed by atoms with E-state index in [-0.39, 0.29) is 0 Å². The van der Waals surface area contributed by atoms with Gasteiger partial charge in [0.1, 0.15) is 12.0 Å². The van der Waals surface area contributed by atoms with E-state index in [1.807, 2.05) is 0 Å². The molecular formula is C14H24N4O. The van der Waals surface area contributed by atoms with E-state index in [0.717, 1.165) is 31.2 Å². The molecule has 106 valence electrons. The van der Waals surface area contributed by atoms with Crippen molar-refractivity contribution in [1.29, 1.82) is 0 Å². The fourth-order valence-corrected chi connectivity index (χ4v) is 2.41. The summed E-state index contributed by atoms with van der Waals surface area (Å²) in [5.41, 5.74) is 6.72. The lowest BCUT2D eigenvalue weighted by molar-refractivity contribution is 0.306. The normalized spacial score (nSPS) is 20.1. The van der Waals surface area contributed by atoms with Crippen LogP contribution in [0.2, 0.25) is 0 Å². The summed E-state index contributed by atoms with van der Waals surface area (Å²) in [7, 11) is 0. The van der Waals surface area contributed by atoms with Crippen LogP contribution in [0.5, 0.6) is 5.88 Å². The predicted molar refractivity (Wildman–Crippen MR) is 77.5 cm³/mol. The van der Waals surface area contributed by atoms with Crippen LogP contribution >= 0.6 is 0 Å². The van der Waals surface area contributed by atoms with Gasteiger partial charge in [-0.15, -0.1) is 0 Å². The van der Waals surface area contributed by atoms with Crippen LogP contribution in [0.25, 0.3) is 0 Å². The summed E-state index contributed by atoms with van der Waals surface area (Å²) in [6.45, 7) is 7.03. The molecule has 0 aliphatic carbocycles. The number of hydrogen-bond acceptors (Lipinski definition) is 5. The molecule has 0 radical (unpaired) electrons. The Balaban J connectivity index is 2.14. The zero-order valence-corrected chi connectivity index (χ0v) is 11.9. The van der Waals surface area contributed by atoms with E-state index in [1.54, 1.807) is 6.33 Å². The SMILES string of the molecule is CCCOc1ncnc(N2CCCC(C)CC2)c1N. The maximum atomic E-state index is 6.15. The number of nitrogens with two attached hydrogens (primary N) is 1. The van der Waals surface area contributed by atoms with Crippen LogP contribution in [0.3, 0.4) is 0 Å². The Kier molecular flexibility index (Phi) is 4.82. The molecule has 1 aliphatic heterocycles. The van der Waals surface area contributed by atoms with Gasteiger partial charge in [-0.3, -0.25) is 0 Å². The Morgan fingerprint density at radius 1 is 1.37 bits per heavy atom. The number of nitrogen functional groups attached to an aromatic ring is 1. The number of ether oxygens (including phenoxy) is 1. The molecule has 2 heterocycles. The maximum Gasteiger partial charge on any atom is 0.242 e. The monoisotopic (exact) mass is 264 g/mol. The summed E-state index contributed by atoms with van der Waals surface area (Å²) in [5.74, 6) is 2.13. The average molecular weight is 264 g/mol. The highest BCUT2D eigenvalue weighted by atomic mass is 16.5. The maximum absolute atomic E-state index is 6.15. The number of nitrogens with zero attached hydrogens (tertiary/aromatic N) is 3. The molecule has 5 heteroatoms. The summed E-state index contributed by atoms with van der Waals surface area (Å²) in [6, 6.07) is 0. The van der Waals surface area contributed by atoms with Gasteiger partial charge in [0.25, 0.3) is 0 Å². The second-order valence-electron chi connectivity index (χ2n) is 5.29. The van der Waals surface area contributed by atoms with E-state index < -0.39 is 0 Å². The zero-order chi connectivity index (χ0) is 13.7. The molecule has 0 amide bonds. The molecule has 0 spiro atoms. The lowest BCUT2D eigenvalue weighted by atomic mass is 10.0. The molecule has 1 atom stereocenters. The molecular weight excluding hydrogens is 240 g/mol. The number of aromatic nitrogens is 2. The second kappa shape index (κ2) is 6.59. The molecule has 1 saturated heterocycles. The molecule has 1 aliphatic rings. The minimum Gasteiger partial charge on any atom is -0.476 e. The lowest BCUT2D eigenvalue weighted by Gasteiger charge is -2.23. The van der Waals surface area contributed by atoms with Gasteiger partial charge in [0.15, 0.2) is 5.82 Å².